The molecule has 0 aliphatic heterocycles. The van der Waals surface area contributed by atoms with E-state index in [1.54, 1.807) is 0 Å². The molecule has 1 rings (SSSR count). The Kier molecular flexibility index (Phi) is 6.64. The molecule has 4 heteroatoms. The summed E-state index contributed by atoms with van der Waals surface area (Å²) in [6, 6.07) is 4.12. The standard InChI is InChI=1S/C13H15Br2NO/c1-3-4-5-6-17-13-11(14)7-10(9-16-2)8-12(13)15/h7-8,16H,5-6,9H2,1-2H3. The lowest BCUT2D eigenvalue weighted by Gasteiger charge is -2.11. The molecule has 0 bridgehead atoms. The Morgan fingerprint density at radius 3 is 2.47 bits per heavy atom. The highest BCUT2D eigenvalue weighted by atomic mass is 79.9. The van der Waals surface area contributed by atoms with Crippen LogP contribution in [0.15, 0.2) is 21.1 Å². The van der Waals surface area contributed by atoms with Crippen LogP contribution in [0.5, 0.6) is 5.75 Å². The highest BCUT2D eigenvalue weighted by molar-refractivity contribution is 9.11. The van der Waals surface area contributed by atoms with Crippen molar-refractivity contribution in [1.82, 2.24) is 5.32 Å². The third kappa shape index (κ3) is 4.71. The van der Waals surface area contributed by atoms with Gasteiger partial charge in [-0.25, -0.2) is 0 Å². The largest absolute Gasteiger partial charge is 0.490 e. The Morgan fingerprint density at radius 1 is 1.29 bits per heavy atom. The summed E-state index contributed by atoms with van der Waals surface area (Å²) in [4.78, 5) is 0. The maximum atomic E-state index is 5.69. The number of benzene rings is 1. The van der Waals surface area contributed by atoms with E-state index in [0.29, 0.717) is 6.61 Å². The van der Waals surface area contributed by atoms with Crippen molar-refractivity contribution in [3.8, 4) is 17.6 Å². The molecule has 1 aromatic rings. The summed E-state index contributed by atoms with van der Waals surface area (Å²) in [5.41, 5.74) is 1.20. The molecule has 1 N–H and O–H groups in total. The summed E-state index contributed by atoms with van der Waals surface area (Å²) in [6.45, 7) is 3.26. The molecular formula is C13H15Br2NO. The highest BCUT2D eigenvalue weighted by Gasteiger charge is 2.08. The van der Waals surface area contributed by atoms with Crippen LogP contribution in [0.3, 0.4) is 0 Å². The van der Waals surface area contributed by atoms with E-state index < -0.39 is 0 Å². The lowest BCUT2D eigenvalue weighted by atomic mass is 10.2. The number of hydrogen-bond donors (Lipinski definition) is 1. The predicted molar refractivity (Wildman–Crippen MR) is 78.2 cm³/mol. The Bertz CT molecular complexity index is 412. The first kappa shape index (κ1) is 14.6. The number of rotatable bonds is 5. The van der Waals surface area contributed by atoms with E-state index in [9.17, 15) is 0 Å². The first-order valence-corrected chi connectivity index (χ1v) is 6.92. The zero-order chi connectivity index (χ0) is 12.7. The Morgan fingerprint density at radius 2 is 1.94 bits per heavy atom. The monoisotopic (exact) mass is 359 g/mol. The van der Waals surface area contributed by atoms with E-state index in [2.05, 4.69) is 61.2 Å². The van der Waals surface area contributed by atoms with Crippen LogP contribution >= 0.6 is 31.9 Å². The molecule has 2 nitrogen and oxygen atoms in total. The SMILES string of the molecule is CC#CCCOc1c(Br)cc(CNC)cc1Br. The van der Waals surface area contributed by atoms with Crippen molar-refractivity contribution in [3.05, 3.63) is 26.6 Å². The van der Waals surface area contributed by atoms with Crippen molar-refractivity contribution in [1.29, 1.82) is 0 Å². The van der Waals surface area contributed by atoms with Gasteiger partial charge in [-0.2, -0.15) is 0 Å². The molecule has 17 heavy (non-hydrogen) atoms. The Hall–Kier alpha value is -0.500. The Labute approximate surface area is 119 Å². The van der Waals surface area contributed by atoms with Gasteiger partial charge in [0.1, 0.15) is 5.75 Å². The number of halogens is 2. The fourth-order valence-electron chi connectivity index (χ4n) is 1.39. The molecule has 0 amide bonds. The summed E-state index contributed by atoms with van der Waals surface area (Å²) >= 11 is 7.04. The topological polar surface area (TPSA) is 21.3 Å². The van der Waals surface area contributed by atoms with E-state index in [1.165, 1.54) is 5.56 Å². The number of nitrogens with one attached hydrogen (secondary N) is 1. The van der Waals surface area contributed by atoms with Crippen molar-refractivity contribution in [2.24, 2.45) is 0 Å². The van der Waals surface area contributed by atoms with Gasteiger partial charge >= 0.3 is 0 Å². The van der Waals surface area contributed by atoms with Gasteiger partial charge in [0, 0.05) is 13.0 Å². The molecule has 0 atom stereocenters. The van der Waals surface area contributed by atoms with Crippen LogP contribution in [0.4, 0.5) is 0 Å². The molecule has 0 aliphatic rings. The summed E-state index contributed by atoms with van der Waals surface area (Å²) in [5.74, 6) is 6.66. The summed E-state index contributed by atoms with van der Waals surface area (Å²) in [6.07, 6.45) is 0.744. The van der Waals surface area contributed by atoms with Crippen LogP contribution < -0.4 is 10.1 Å². The van der Waals surface area contributed by atoms with Crippen LogP contribution in [0.1, 0.15) is 18.9 Å². The first-order valence-electron chi connectivity index (χ1n) is 5.34. The van der Waals surface area contributed by atoms with E-state index in [0.717, 1.165) is 27.7 Å². The van der Waals surface area contributed by atoms with Crippen LogP contribution in [0.2, 0.25) is 0 Å². The van der Waals surface area contributed by atoms with Crippen LogP contribution in [0, 0.1) is 11.8 Å². The van der Waals surface area contributed by atoms with Crippen LogP contribution in [0.25, 0.3) is 0 Å². The average molecular weight is 361 g/mol. The average Bonchev–Trinajstić information content (AvgIpc) is 2.27. The first-order chi connectivity index (χ1) is 8.19. The van der Waals surface area contributed by atoms with E-state index in [1.807, 2.05) is 14.0 Å². The van der Waals surface area contributed by atoms with Gasteiger partial charge in [0.15, 0.2) is 0 Å². The molecule has 1 aromatic carbocycles. The normalized spacial score (nSPS) is 9.65. The minimum atomic E-state index is 0.601. The van der Waals surface area contributed by atoms with Crippen LogP contribution in [-0.2, 0) is 6.54 Å². The molecular weight excluding hydrogens is 346 g/mol. The molecule has 0 fully saturated rings. The second-order valence-electron chi connectivity index (χ2n) is 3.44. The molecule has 0 unspecified atom stereocenters. The molecule has 0 aromatic heterocycles. The highest BCUT2D eigenvalue weighted by Crippen LogP contribution is 2.34. The van der Waals surface area contributed by atoms with Gasteiger partial charge in [0.05, 0.1) is 15.6 Å². The van der Waals surface area contributed by atoms with Crippen molar-refractivity contribution in [2.45, 2.75) is 19.9 Å². The number of ether oxygens (including phenoxy) is 1. The smallest absolute Gasteiger partial charge is 0.147 e. The summed E-state index contributed by atoms with van der Waals surface area (Å²) in [5, 5.41) is 3.12. The lowest BCUT2D eigenvalue weighted by Crippen LogP contribution is -2.05. The van der Waals surface area contributed by atoms with Gasteiger partial charge < -0.3 is 10.1 Å². The van der Waals surface area contributed by atoms with Crippen molar-refractivity contribution < 1.29 is 4.74 Å². The maximum Gasteiger partial charge on any atom is 0.147 e. The maximum absolute atomic E-state index is 5.69. The van der Waals surface area contributed by atoms with Crippen LogP contribution in [-0.4, -0.2) is 13.7 Å². The van der Waals surface area contributed by atoms with Gasteiger partial charge in [-0.3, -0.25) is 0 Å². The Balaban J connectivity index is 2.74. The van der Waals surface area contributed by atoms with E-state index in [-0.39, 0.29) is 0 Å². The number of hydrogen-bond acceptors (Lipinski definition) is 2. The quantitative estimate of drug-likeness (QED) is 0.638. The molecule has 0 aliphatic carbocycles. The second-order valence-corrected chi connectivity index (χ2v) is 5.15. The van der Waals surface area contributed by atoms with Crippen molar-refractivity contribution in [2.75, 3.05) is 13.7 Å². The third-order valence-corrected chi connectivity index (χ3v) is 3.27. The van der Waals surface area contributed by atoms with Gasteiger partial charge in [-0.1, -0.05) is 0 Å². The molecule has 0 saturated heterocycles. The fraction of sp³-hybridized carbons (Fsp3) is 0.385. The van der Waals surface area contributed by atoms with Gasteiger partial charge in [0.25, 0.3) is 0 Å². The van der Waals surface area contributed by atoms with Crippen molar-refractivity contribution >= 4 is 31.9 Å². The molecule has 92 valence electrons. The van der Waals surface area contributed by atoms with Gasteiger partial charge in [-0.15, -0.1) is 11.8 Å². The van der Waals surface area contributed by atoms with Gasteiger partial charge in [-0.05, 0) is 63.5 Å². The zero-order valence-electron chi connectivity index (χ0n) is 9.94. The minimum absolute atomic E-state index is 0.601. The molecule has 0 spiro atoms. The van der Waals surface area contributed by atoms with E-state index >= 15 is 0 Å². The third-order valence-electron chi connectivity index (χ3n) is 2.09. The molecule has 0 saturated carbocycles. The zero-order valence-corrected chi connectivity index (χ0v) is 13.1. The minimum Gasteiger partial charge on any atom is -0.490 e. The van der Waals surface area contributed by atoms with Gasteiger partial charge in [0.2, 0.25) is 0 Å². The molecule has 0 radical (unpaired) electrons. The summed E-state index contributed by atoms with van der Waals surface area (Å²) < 4.78 is 7.61. The predicted octanol–water partition coefficient (Wildman–Crippen LogP) is 3.72. The molecule has 0 heterocycles. The van der Waals surface area contributed by atoms with E-state index in [4.69, 9.17) is 4.74 Å². The lowest BCUT2D eigenvalue weighted by molar-refractivity contribution is 0.323. The van der Waals surface area contributed by atoms with Crippen molar-refractivity contribution in [3.63, 3.8) is 0 Å². The summed E-state index contributed by atoms with van der Waals surface area (Å²) in [7, 11) is 1.93. The second kappa shape index (κ2) is 7.75. The fourth-order valence-corrected chi connectivity index (χ4v) is 2.90.